The number of unbranched alkanes of at least 4 members (excludes halogenated alkanes) is 11. The normalized spacial score (nSPS) is 12.3. The van der Waals surface area contributed by atoms with E-state index in [1.54, 1.807) is 14.0 Å². The Bertz CT molecular complexity index is 1570. The number of aldehydes is 1. The molecule has 8 heteroatoms. The van der Waals surface area contributed by atoms with Gasteiger partial charge in [-0.2, -0.15) is 0 Å². The molecular formula is C50H76NO6P. The molecule has 0 radical (unpaired) electrons. The molecule has 0 spiro atoms. The Balaban J connectivity index is 0.00000218. The smallest absolute Gasteiger partial charge is 0.311 e. The average Bonchev–Trinajstić information content (AvgIpc) is 3.20. The van der Waals surface area contributed by atoms with E-state index < -0.39 is 8.30 Å². The van der Waals surface area contributed by atoms with E-state index in [0.29, 0.717) is 24.6 Å². The molecule has 3 rings (SSSR count). The van der Waals surface area contributed by atoms with Crippen LogP contribution in [-0.4, -0.2) is 37.9 Å². The third-order valence-electron chi connectivity index (χ3n) is 9.94. The lowest BCUT2D eigenvalue weighted by Crippen LogP contribution is -2.26. The van der Waals surface area contributed by atoms with Crippen molar-refractivity contribution in [2.75, 3.05) is 13.5 Å². The molecule has 1 N–H and O–H groups in total. The molecule has 3 aromatic carbocycles. The molecule has 0 bridgehead atoms. The maximum atomic E-state index is 12.8. The second-order valence-electron chi connectivity index (χ2n) is 15.9. The summed E-state index contributed by atoms with van der Waals surface area (Å²) in [6.07, 6.45) is 23.6. The van der Waals surface area contributed by atoms with Crippen molar-refractivity contribution in [3.63, 3.8) is 0 Å². The van der Waals surface area contributed by atoms with Gasteiger partial charge in [-0.1, -0.05) is 115 Å². The number of para-hydroxylation sites is 1. The molecule has 322 valence electrons. The SMILES string of the molecule is CCCCCCCC/C=C\CCCCCCCC(=O)Oc1ccc(Cc2c(C)cc(OCP(NC(C)C=O)Oc3ccccc3)cc2C)cc1C(C)C.COC(C)C. The van der Waals surface area contributed by atoms with E-state index >= 15 is 0 Å². The van der Waals surface area contributed by atoms with Crippen LogP contribution in [-0.2, 0) is 20.7 Å². The maximum Gasteiger partial charge on any atom is 0.311 e. The summed E-state index contributed by atoms with van der Waals surface area (Å²) in [5, 5.41) is 3.24. The van der Waals surface area contributed by atoms with Crippen molar-refractivity contribution in [3.05, 3.63) is 101 Å². The largest absolute Gasteiger partial charge is 0.484 e. The predicted molar refractivity (Wildman–Crippen MR) is 245 cm³/mol. The Labute approximate surface area is 354 Å². The van der Waals surface area contributed by atoms with Gasteiger partial charge >= 0.3 is 5.97 Å². The zero-order valence-electron chi connectivity index (χ0n) is 37.4. The van der Waals surface area contributed by atoms with Crippen molar-refractivity contribution in [3.8, 4) is 17.2 Å². The first-order valence-electron chi connectivity index (χ1n) is 21.9. The minimum Gasteiger partial charge on any atom is -0.484 e. The van der Waals surface area contributed by atoms with Crippen LogP contribution >= 0.6 is 8.30 Å². The van der Waals surface area contributed by atoms with Crippen LogP contribution in [0.2, 0.25) is 0 Å². The molecule has 0 saturated carbocycles. The van der Waals surface area contributed by atoms with Crippen LogP contribution in [0.4, 0.5) is 0 Å². The summed E-state index contributed by atoms with van der Waals surface area (Å²) in [5.41, 5.74) is 5.77. The fraction of sp³-hybridized carbons (Fsp3) is 0.560. The number of carbonyl (C=O) groups excluding carboxylic acids is 2. The summed E-state index contributed by atoms with van der Waals surface area (Å²) >= 11 is 0. The summed E-state index contributed by atoms with van der Waals surface area (Å²) < 4.78 is 23.0. The molecule has 0 amide bonds. The molecule has 0 aliphatic heterocycles. The Kier molecular flexibility index (Phi) is 26.6. The number of benzene rings is 3. The van der Waals surface area contributed by atoms with Gasteiger partial charge in [0.2, 0.25) is 8.30 Å². The lowest BCUT2D eigenvalue weighted by atomic mass is 9.93. The number of esters is 1. The average molecular weight is 818 g/mol. The highest BCUT2D eigenvalue weighted by molar-refractivity contribution is 7.50. The van der Waals surface area contributed by atoms with Crippen LogP contribution < -0.4 is 19.1 Å². The van der Waals surface area contributed by atoms with Gasteiger partial charge in [0.25, 0.3) is 0 Å². The molecule has 0 aliphatic rings. The molecule has 58 heavy (non-hydrogen) atoms. The Morgan fingerprint density at radius 3 is 1.91 bits per heavy atom. The van der Waals surface area contributed by atoms with Crippen molar-refractivity contribution in [2.45, 2.75) is 170 Å². The number of methoxy groups -OCH3 is 1. The van der Waals surface area contributed by atoms with Crippen LogP contribution in [0.15, 0.2) is 72.8 Å². The Hall–Kier alpha value is -3.51. The third-order valence-corrected chi connectivity index (χ3v) is 11.4. The second kappa shape index (κ2) is 30.5. The lowest BCUT2D eigenvalue weighted by Gasteiger charge is -2.22. The number of hydrogen-bond acceptors (Lipinski definition) is 7. The monoisotopic (exact) mass is 818 g/mol. The van der Waals surface area contributed by atoms with E-state index in [9.17, 15) is 9.59 Å². The minimum absolute atomic E-state index is 0.145. The first-order chi connectivity index (χ1) is 28.0. The van der Waals surface area contributed by atoms with Crippen LogP contribution in [0.3, 0.4) is 0 Å². The number of carbonyl (C=O) groups is 2. The predicted octanol–water partition coefficient (Wildman–Crippen LogP) is 13.9. The third kappa shape index (κ3) is 22.0. The van der Waals surface area contributed by atoms with Gasteiger partial charge in [0, 0.05) is 13.5 Å². The topological polar surface area (TPSA) is 83.1 Å². The highest BCUT2D eigenvalue weighted by atomic mass is 31.2. The van der Waals surface area contributed by atoms with Crippen LogP contribution in [0.1, 0.15) is 165 Å². The number of aryl methyl sites for hydroxylation is 2. The van der Waals surface area contributed by atoms with Crippen molar-refractivity contribution >= 4 is 20.6 Å². The summed E-state index contributed by atoms with van der Waals surface area (Å²) in [6.45, 7) is 16.6. The molecule has 0 aliphatic carbocycles. The minimum atomic E-state index is -1.25. The zero-order valence-corrected chi connectivity index (χ0v) is 38.3. The Morgan fingerprint density at radius 2 is 1.34 bits per heavy atom. The van der Waals surface area contributed by atoms with E-state index in [0.717, 1.165) is 60.2 Å². The van der Waals surface area contributed by atoms with E-state index in [2.05, 4.69) is 76.1 Å². The number of ether oxygens (including phenoxy) is 3. The first-order valence-corrected chi connectivity index (χ1v) is 23.4. The summed E-state index contributed by atoms with van der Waals surface area (Å²) in [6, 6.07) is 19.6. The second-order valence-corrected chi connectivity index (χ2v) is 17.4. The van der Waals surface area contributed by atoms with Crippen molar-refractivity contribution in [2.24, 2.45) is 0 Å². The number of rotatable bonds is 28. The van der Waals surface area contributed by atoms with Crippen LogP contribution in [0.5, 0.6) is 17.2 Å². The molecule has 0 saturated heterocycles. The standard InChI is InChI=1S/C46H66NO5P.C4H10O/c1-7-8-9-10-11-12-13-14-15-16-17-18-19-20-24-27-46(49)51-45-29-28-40(32-43(45)36(2)3)33-44-37(4)30-42(31-38(44)5)50-35-53(47-39(6)34-48)52-41-25-22-21-23-26-41;1-4(2)5-3/h14-15,21-23,25-26,28-32,34,36,39,47H,7-13,16-20,24,27,33,35H2,1-6H3;4H,1-3H3/b15-14-;. The van der Waals surface area contributed by atoms with E-state index in [-0.39, 0.29) is 17.9 Å². The van der Waals surface area contributed by atoms with Gasteiger partial charge in [0.1, 0.15) is 23.5 Å². The highest BCUT2D eigenvalue weighted by Crippen LogP contribution is 2.36. The molecule has 3 aromatic rings. The van der Waals surface area contributed by atoms with Crippen LogP contribution in [0, 0.1) is 13.8 Å². The molecule has 2 unspecified atom stereocenters. The number of allylic oxidation sites excluding steroid dienone is 2. The van der Waals surface area contributed by atoms with Gasteiger partial charge in [0.15, 0.2) is 6.35 Å². The van der Waals surface area contributed by atoms with E-state index in [4.69, 9.17) is 18.7 Å². The summed E-state index contributed by atoms with van der Waals surface area (Å²) in [5.74, 6) is 2.25. The quantitative estimate of drug-likeness (QED) is 0.0195. The molecule has 0 aromatic heterocycles. The van der Waals surface area contributed by atoms with E-state index in [1.807, 2.05) is 50.2 Å². The van der Waals surface area contributed by atoms with Gasteiger partial charge in [-0.15, -0.1) is 0 Å². The van der Waals surface area contributed by atoms with Crippen molar-refractivity contribution in [1.29, 1.82) is 0 Å². The number of nitrogens with one attached hydrogen (secondary N) is 1. The number of hydrogen-bond donors (Lipinski definition) is 1. The van der Waals surface area contributed by atoms with Gasteiger partial charge in [0.05, 0.1) is 12.1 Å². The Morgan fingerprint density at radius 1 is 0.759 bits per heavy atom. The summed E-state index contributed by atoms with van der Waals surface area (Å²) in [7, 11) is 0.453. The van der Waals surface area contributed by atoms with Gasteiger partial charge in [-0.25, -0.2) is 0 Å². The fourth-order valence-corrected chi connectivity index (χ4v) is 7.71. The van der Waals surface area contributed by atoms with Gasteiger partial charge in [-0.05, 0) is 137 Å². The molecule has 2 atom stereocenters. The molecule has 0 fully saturated rings. The maximum absolute atomic E-state index is 12.8. The lowest BCUT2D eigenvalue weighted by molar-refractivity contribution is -0.134. The van der Waals surface area contributed by atoms with Crippen LogP contribution in [0.25, 0.3) is 0 Å². The molecular weight excluding hydrogens is 742 g/mol. The fourth-order valence-electron chi connectivity index (χ4n) is 6.38. The molecule has 7 nitrogen and oxygen atoms in total. The van der Waals surface area contributed by atoms with Crippen molar-refractivity contribution in [1.82, 2.24) is 5.09 Å². The van der Waals surface area contributed by atoms with Gasteiger partial charge < -0.3 is 23.5 Å². The summed E-state index contributed by atoms with van der Waals surface area (Å²) in [4.78, 5) is 24.1. The zero-order chi connectivity index (χ0) is 42.5. The van der Waals surface area contributed by atoms with Gasteiger partial charge in [-0.3, -0.25) is 9.88 Å². The highest BCUT2D eigenvalue weighted by Gasteiger charge is 2.18. The first kappa shape index (κ1) is 50.6. The van der Waals surface area contributed by atoms with Crippen molar-refractivity contribution < 1.29 is 28.3 Å². The molecule has 0 heterocycles. The van der Waals surface area contributed by atoms with E-state index in [1.165, 1.54) is 75.3 Å².